The molecule has 2 aromatic heterocycles. The summed E-state index contributed by atoms with van der Waals surface area (Å²) in [6.07, 6.45) is 1.59. The molecule has 1 aromatic carbocycles. The zero-order valence-corrected chi connectivity index (χ0v) is 12.0. The average molecular weight is 269 g/mol. The van der Waals surface area contributed by atoms with E-state index in [1.54, 1.807) is 6.33 Å². The fraction of sp³-hybridized carbons (Fsp3) is 0.333. The first-order valence-electron chi connectivity index (χ1n) is 6.83. The van der Waals surface area contributed by atoms with Gasteiger partial charge in [0.25, 0.3) is 0 Å². The third kappa shape index (κ3) is 2.15. The molecule has 0 aliphatic heterocycles. The van der Waals surface area contributed by atoms with Crippen LogP contribution in [0, 0.1) is 0 Å². The van der Waals surface area contributed by atoms with Crippen molar-refractivity contribution in [1.29, 1.82) is 0 Å². The molecule has 104 valence electrons. The summed E-state index contributed by atoms with van der Waals surface area (Å²) in [5.41, 5.74) is 2.47. The van der Waals surface area contributed by atoms with E-state index in [2.05, 4.69) is 71.2 Å². The average Bonchev–Trinajstić information content (AvgIpc) is 3.02. The van der Waals surface area contributed by atoms with Crippen molar-refractivity contribution in [2.45, 2.75) is 26.4 Å². The largest absolute Gasteiger partial charge is 0.349 e. The van der Waals surface area contributed by atoms with Crippen LogP contribution >= 0.6 is 0 Å². The third-order valence-electron chi connectivity index (χ3n) is 3.54. The lowest BCUT2D eigenvalue weighted by atomic mass is 10.2. The number of para-hydroxylation sites is 1. The number of hydrogen-bond donors (Lipinski definition) is 1. The molecular formula is C15H19N5. The van der Waals surface area contributed by atoms with Crippen LogP contribution in [0.25, 0.3) is 10.9 Å². The van der Waals surface area contributed by atoms with E-state index in [1.165, 1.54) is 16.6 Å². The number of anilines is 1. The van der Waals surface area contributed by atoms with E-state index >= 15 is 0 Å². The normalized spacial score (nSPS) is 11.4. The number of nitrogens with one attached hydrogen (secondary N) is 1. The predicted molar refractivity (Wildman–Crippen MR) is 80.7 cm³/mol. The molecule has 3 rings (SSSR count). The summed E-state index contributed by atoms with van der Waals surface area (Å²) >= 11 is 0. The monoisotopic (exact) mass is 269 g/mol. The second kappa shape index (κ2) is 5.00. The van der Waals surface area contributed by atoms with Crippen molar-refractivity contribution in [2.24, 2.45) is 7.05 Å². The maximum Gasteiger partial charge on any atom is 0.221 e. The van der Waals surface area contributed by atoms with E-state index in [0.717, 1.165) is 12.5 Å². The molecule has 0 amide bonds. The molecule has 2 heterocycles. The summed E-state index contributed by atoms with van der Waals surface area (Å²) in [5.74, 6) is 0.810. The van der Waals surface area contributed by atoms with Crippen molar-refractivity contribution in [1.82, 2.24) is 19.3 Å². The molecule has 5 heteroatoms. The lowest BCUT2D eigenvalue weighted by Gasteiger charge is -2.11. The summed E-state index contributed by atoms with van der Waals surface area (Å²) < 4.78 is 4.10. The van der Waals surface area contributed by atoms with Crippen LogP contribution in [0.3, 0.4) is 0 Å². The molecule has 0 aliphatic rings. The second-order valence-corrected chi connectivity index (χ2v) is 5.23. The molecular weight excluding hydrogens is 250 g/mol. The van der Waals surface area contributed by atoms with Gasteiger partial charge in [-0.2, -0.15) is 10.1 Å². The zero-order valence-electron chi connectivity index (χ0n) is 12.0. The van der Waals surface area contributed by atoms with Gasteiger partial charge >= 0.3 is 0 Å². The topological polar surface area (TPSA) is 47.7 Å². The van der Waals surface area contributed by atoms with Gasteiger partial charge in [-0.1, -0.05) is 18.2 Å². The first-order valence-corrected chi connectivity index (χ1v) is 6.83. The quantitative estimate of drug-likeness (QED) is 0.792. The Labute approximate surface area is 118 Å². The van der Waals surface area contributed by atoms with Crippen LogP contribution < -0.4 is 5.32 Å². The van der Waals surface area contributed by atoms with Crippen molar-refractivity contribution in [3.8, 4) is 0 Å². The highest BCUT2D eigenvalue weighted by Crippen LogP contribution is 2.19. The van der Waals surface area contributed by atoms with Crippen LogP contribution in [-0.2, 0) is 13.6 Å². The minimum absolute atomic E-state index is 0.299. The first kappa shape index (κ1) is 12.7. The Morgan fingerprint density at radius 3 is 2.80 bits per heavy atom. The summed E-state index contributed by atoms with van der Waals surface area (Å²) in [7, 11) is 2.09. The number of fused-ring (bicyclic) bond motifs is 1. The predicted octanol–water partition coefficient (Wildman–Crippen LogP) is 2.96. The highest BCUT2D eigenvalue weighted by Gasteiger charge is 2.09. The summed E-state index contributed by atoms with van der Waals surface area (Å²) in [5, 5.41) is 8.85. The summed E-state index contributed by atoms with van der Waals surface area (Å²) in [4.78, 5) is 4.27. The SMILES string of the molecule is CC(C)n1ncnc1NCc1cc2ccccc2n1C. The minimum atomic E-state index is 0.299. The number of nitrogens with zero attached hydrogens (tertiary/aromatic N) is 4. The number of benzene rings is 1. The van der Waals surface area contributed by atoms with Gasteiger partial charge in [-0.25, -0.2) is 4.68 Å². The molecule has 0 atom stereocenters. The molecule has 0 saturated heterocycles. The Hall–Kier alpha value is -2.30. The first-order chi connectivity index (χ1) is 9.66. The maximum absolute atomic E-state index is 4.27. The van der Waals surface area contributed by atoms with Crippen LogP contribution in [0.2, 0.25) is 0 Å². The van der Waals surface area contributed by atoms with Crippen molar-refractivity contribution < 1.29 is 0 Å². The van der Waals surface area contributed by atoms with Crippen LogP contribution in [0.5, 0.6) is 0 Å². The van der Waals surface area contributed by atoms with Crippen molar-refractivity contribution in [3.05, 3.63) is 42.4 Å². The maximum atomic E-state index is 4.27. The molecule has 0 radical (unpaired) electrons. The molecule has 0 fully saturated rings. The zero-order chi connectivity index (χ0) is 14.1. The van der Waals surface area contributed by atoms with Gasteiger partial charge in [0.15, 0.2) is 0 Å². The second-order valence-electron chi connectivity index (χ2n) is 5.23. The van der Waals surface area contributed by atoms with Crippen molar-refractivity contribution >= 4 is 16.9 Å². The molecule has 0 spiro atoms. The smallest absolute Gasteiger partial charge is 0.221 e. The van der Waals surface area contributed by atoms with Crippen LogP contribution in [0.15, 0.2) is 36.7 Å². The Morgan fingerprint density at radius 1 is 1.25 bits per heavy atom. The molecule has 5 nitrogen and oxygen atoms in total. The molecule has 3 aromatic rings. The molecule has 1 N–H and O–H groups in total. The van der Waals surface area contributed by atoms with Crippen molar-refractivity contribution in [2.75, 3.05) is 5.32 Å². The van der Waals surface area contributed by atoms with Gasteiger partial charge < -0.3 is 9.88 Å². The van der Waals surface area contributed by atoms with Crippen molar-refractivity contribution in [3.63, 3.8) is 0 Å². The van der Waals surface area contributed by atoms with Gasteiger partial charge in [0.05, 0.1) is 12.6 Å². The number of aromatic nitrogens is 4. The fourth-order valence-electron chi connectivity index (χ4n) is 2.44. The Kier molecular flexibility index (Phi) is 3.18. The minimum Gasteiger partial charge on any atom is -0.349 e. The molecule has 0 bridgehead atoms. The summed E-state index contributed by atoms with van der Waals surface area (Å²) in [6.45, 7) is 4.92. The number of rotatable bonds is 4. The van der Waals surface area contributed by atoms with E-state index in [1.807, 2.05) is 4.68 Å². The fourth-order valence-corrected chi connectivity index (χ4v) is 2.44. The summed E-state index contributed by atoms with van der Waals surface area (Å²) in [6, 6.07) is 10.9. The van der Waals surface area contributed by atoms with Gasteiger partial charge in [-0.15, -0.1) is 0 Å². The molecule has 20 heavy (non-hydrogen) atoms. The van der Waals surface area contributed by atoms with E-state index in [-0.39, 0.29) is 0 Å². The Bertz CT molecular complexity index is 723. The van der Waals surface area contributed by atoms with Gasteiger partial charge in [0.2, 0.25) is 5.95 Å². The highest BCUT2D eigenvalue weighted by atomic mass is 15.4. The third-order valence-corrected chi connectivity index (χ3v) is 3.54. The van der Waals surface area contributed by atoms with Crippen LogP contribution in [0.1, 0.15) is 25.6 Å². The number of hydrogen-bond acceptors (Lipinski definition) is 3. The lowest BCUT2D eigenvalue weighted by Crippen LogP contribution is -2.12. The van der Waals surface area contributed by atoms with E-state index in [0.29, 0.717) is 6.04 Å². The van der Waals surface area contributed by atoms with Gasteiger partial charge in [0, 0.05) is 18.3 Å². The Morgan fingerprint density at radius 2 is 2.05 bits per heavy atom. The van der Waals surface area contributed by atoms with Gasteiger partial charge in [-0.3, -0.25) is 0 Å². The lowest BCUT2D eigenvalue weighted by molar-refractivity contribution is 0.536. The standard InChI is InChI=1S/C15H19N5/c1-11(2)20-15(17-10-18-20)16-9-13-8-12-6-4-5-7-14(12)19(13)3/h4-8,10-11H,9H2,1-3H3,(H,16,17,18). The van der Waals surface area contributed by atoms with E-state index < -0.39 is 0 Å². The van der Waals surface area contributed by atoms with E-state index in [4.69, 9.17) is 0 Å². The van der Waals surface area contributed by atoms with Crippen LogP contribution in [0.4, 0.5) is 5.95 Å². The highest BCUT2D eigenvalue weighted by molar-refractivity contribution is 5.81. The molecule has 0 unspecified atom stereocenters. The molecule has 0 saturated carbocycles. The van der Waals surface area contributed by atoms with Crippen LogP contribution in [-0.4, -0.2) is 19.3 Å². The molecule has 0 aliphatic carbocycles. The van der Waals surface area contributed by atoms with E-state index in [9.17, 15) is 0 Å². The Balaban J connectivity index is 1.83. The number of aryl methyl sites for hydroxylation is 1. The van der Waals surface area contributed by atoms with Gasteiger partial charge in [-0.05, 0) is 31.4 Å². The van der Waals surface area contributed by atoms with Gasteiger partial charge in [0.1, 0.15) is 6.33 Å².